The van der Waals surface area contributed by atoms with Gasteiger partial charge in [-0.05, 0) is 48.2 Å². The lowest BCUT2D eigenvalue weighted by atomic mass is 10.1. The fraction of sp³-hybridized carbons (Fsp3) is 0.318. The highest BCUT2D eigenvalue weighted by Gasteiger charge is 2.07. The van der Waals surface area contributed by atoms with Crippen LogP contribution in [-0.2, 0) is 13.0 Å². The monoisotopic (exact) mass is 508 g/mol. The third kappa shape index (κ3) is 5.56. The molecule has 0 atom stereocenters. The molecule has 0 aliphatic rings. The molecule has 0 bridgehead atoms. The number of aromatic nitrogens is 1. The SMILES string of the molecule is CN=C(NCCc1c[nH]c2cccc(C)c12)NCc1ccc(OC)c(OC)c1.I. The minimum atomic E-state index is 0. The van der Waals surface area contributed by atoms with Crippen LogP contribution >= 0.6 is 24.0 Å². The Kier molecular flexibility index (Phi) is 8.63. The number of methoxy groups -OCH3 is 2. The highest BCUT2D eigenvalue weighted by Crippen LogP contribution is 2.27. The van der Waals surface area contributed by atoms with Crippen LogP contribution in [0.25, 0.3) is 10.9 Å². The average Bonchev–Trinajstić information content (AvgIpc) is 3.14. The Morgan fingerprint density at radius 3 is 2.59 bits per heavy atom. The summed E-state index contributed by atoms with van der Waals surface area (Å²) in [6.07, 6.45) is 3.01. The molecule has 0 aliphatic carbocycles. The number of aromatic amines is 1. The van der Waals surface area contributed by atoms with Crippen molar-refractivity contribution in [2.75, 3.05) is 27.8 Å². The minimum absolute atomic E-state index is 0. The standard InChI is InChI=1S/C22H28N4O2.HI/c1-15-6-5-7-18-21(15)17(14-25-18)10-11-24-22(23-2)26-13-16-8-9-19(27-3)20(12-16)28-4;/h5-9,12,14,25H,10-11,13H2,1-4H3,(H2,23,24,26);1H. The van der Waals surface area contributed by atoms with E-state index in [2.05, 4.69) is 51.9 Å². The van der Waals surface area contributed by atoms with Crippen molar-refractivity contribution in [1.29, 1.82) is 0 Å². The lowest BCUT2D eigenvalue weighted by Crippen LogP contribution is -2.37. The van der Waals surface area contributed by atoms with Crippen LogP contribution in [-0.4, -0.2) is 38.8 Å². The van der Waals surface area contributed by atoms with E-state index in [1.54, 1.807) is 21.3 Å². The maximum Gasteiger partial charge on any atom is 0.191 e. The second kappa shape index (κ2) is 10.9. The molecule has 6 nitrogen and oxygen atoms in total. The number of nitrogens with zero attached hydrogens (tertiary/aromatic N) is 1. The Morgan fingerprint density at radius 1 is 1.07 bits per heavy atom. The van der Waals surface area contributed by atoms with Gasteiger partial charge in [-0.25, -0.2) is 0 Å². The Bertz CT molecular complexity index is 969. The largest absolute Gasteiger partial charge is 0.493 e. The molecule has 3 rings (SSSR count). The fourth-order valence-electron chi connectivity index (χ4n) is 3.36. The number of aryl methyl sites for hydroxylation is 1. The lowest BCUT2D eigenvalue weighted by Gasteiger charge is -2.13. The molecular formula is C22H29IN4O2. The first-order valence-corrected chi connectivity index (χ1v) is 9.37. The second-order valence-electron chi connectivity index (χ2n) is 6.60. The number of guanidine groups is 1. The first-order chi connectivity index (χ1) is 13.7. The molecule has 0 amide bonds. The summed E-state index contributed by atoms with van der Waals surface area (Å²) in [7, 11) is 5.05. The first-order valence-electron chi connectivity index (χ1n) is 9.37. The van der Waals surface area contributed by atoms with Crippen LogP contribution in [0.5, 0.6) is 11.5 Å². The molecule has 0 saturated carbocycles. The molecule has 0 radical (unpaired) electrons. The smallest absolute Gasteiger partial charge is 0.191 e. The zero-order valence-electron chi connectivity index (χ0n) is 17.3. The van der Waals surface area contributed by atoms with Crippen molar-refractivity contribution in [3.05, 3.63) is 59.3 Å². The average molecular weight is 508 g/mol. The summed E-state index contributed by atoms with van der Waals surface area (Å²) >= 11 is 0. The zero-order chi connectivity index (χ0) is 19.9. The molecule has 2 aromatic carbocycles. The predicted molar refractivity (Wildman–Crippen MR) is 130 cm³/mol. The van der Waals surface area contributed by atoms with E-state index in [0.29, 0.717) is 6.54 Å². The van der Waals surface area contributed by atoms with Gasteiger partial charge in [0.1, 0.15) is 0 Å². The highest BCUT2D eigenvalue weighted by molar-refractivity contribution is 14.0. The summed E-state index contributed by atoms with van der Waals surface area (Å²) in [5, 5.41) is 8.04. The van der Waals surface area contributed by atoms with Crippen LogP contribution in [0, 0.1) is 6.92 Å². The van der Waals surface area contributed by atoms with E-state index in [1.807, 2.05) is 18.2 Å². The number of hydrogen-bond acceptors (Lipinski definition) is 3. The van der Waals surface area contributed by atoms with Crippen molar-refractivity contribution in [2.45, 2.75) is 19.9 Å². The molecule has 3 N–H and O–H groups in total. The summed E-state index contributed by atoms with van der Waals surface area (Å²) in [5.74, 6) is 2.22. The van der Waals surface area contributed by atoms with Crippen molar-refractivity contribution in [3.63, 3.8) is 0 Å². The molecular weight excluding hydrogens is 479 g/mol. The Labute approximate surface area is 189 Å². The van der Waals surface area contributed by atoms with Gasteiger partial charge in [0.15, 0.2) is 17.5 Å². The maximum absolute atomic E-state index is 5.36. The van der Waals surface area contributed by atoms with E-state index < -0.39 is 0 Å². The molecule has 156 valence electrons. The predicted octanol–water partition coefficient (Wildman–Crippen LogP) is 4.02. The van der Waals surface area contributed by atoms with Gasteiger partial charge in [-0.15, -0.1) is 24.0 Å². The summed E-state index contributed by atoms with van der Waals surface area (Å²) in [6, 6.07) is 12.2. The van der Waals surface area contributed by atoms with E-state index in [1.165, 1.54) is 22.0 Å². The summed E-state index contributed by atoms with van der Waals surface area (Å²) in [4.78, 5) is 7.66. The van der Waals surface area contributed by atoms with Crippen LogP contribution < -0.4 is 20.1 Å². The topological polar surface area (TPSA) is 70.7 Å². The van der Waals surface area contributed by atoms with Crippen LogP contribution in [0.1, 0.15) is 16.7 Å². The van der Waals surface area contributed by atoms with E-state index in [-0.39, 0.29) is 24.0 Å². The van der Waals surface area contributed by atoms with Gasteiger partial charge in [-0.2, -0.15) is 0 Å². The van der Waals surface area contributed by atoms with E-state index in [9.17, 15) is 0 Å². The van der Waals surface area contributed by atoms with Crippen LogP contribution in [0.4, 0.5) is 0 Å². The van der Waals surface area contributed by atoms with E-state index in [4.69, 9.17) is 9.47 Å². The number of ether oxygens (including phenoxy) is 2. The van der Waals surface area contributed by atoms with Gasteiger partial charge in [-0.3, -0.25) is 4.99 Å². The number of fused-ring (bicyclic) bond motifs is 1. The first kappa shape index (κ1) is 22.9. The molecule has 29 heavy (non-hydrogen) atoms. The van der Waals surface area contributed by atoms with Crippen molar-refractivity contribution in [2.24, 2.45) is 4.99 Å². The normalized spacial score (nSPS) is 11.1. The van der Waals surface area contributed by atoms with Crippen molar-refractivity contribution < 1.29 is 9.47 Å². The Hall–Kier alpha value is -2.42. The summed E-state index contributed by atoms with van der Waals surface area (Å²) < 4.78 is 10.6. The number of H-pyrrole nitrogens is 1. The van der Waals surface area contributed by atoms with Gasteiger partial charge < -0.3 is 25.1 Å². The van der Waals surface area contributed by atoms with Gasteiger partial charge in [-0.1, -0.05) is 18.2 Å². The quantitative estimate of drug-likeness (QED) is 0.256. The van der Waals surface area contributed by atoms with Crippen molar-refractivity contribution in [3.8, 4) is 11.5 Å². The third-order valence-corrected chi connectivity index (χ3v) is 4.81. The van der Waals surface area contributed by atoms with Gasteiger partial charge in [0.05, 0.1) is 14.2 Å². The van der Waals surface area contributed by atoms with E-state index in [0.717, 1.165) is 36.0 Å². The van der Waals surface area contributed by atoms with Gasteiger partial charge in [0.25, 0.3) is 0 Å². The third-order valence-electron chi connectivity index (χ3n) is 4.81. The van der Waals surface area contributed by atoms with Gasteiger partial charge >= 0.3 is 0 Å². The summed E-state index contributed by atoms with van der Waals surface area (Å²) in [5.41, 5.74) is 4.89. The highest BCUT2D eigenvalue weighted by atomic mass is 127. The number of benzene rings is 2. The minimum Gasteiger partial charge on any atom is -0.493 e. The molecule has 0 saturated heterocycles. The lowest BCUT2D eigenvalue weighted by molar-refractivity contribution is 0.354. The molecule has 7 heteroatoms. The maximum atomic E-state index is 5.36. The van der Waals surface area contributed by atoms with Gasteiger partial charge in [0.2, 0.25) is 0 Å². The number of nitrogens with one attached hydrogen (secondary N) is 3. The van der Waals surface area contributed by atoms with Crippen LogP contribution in [0.3, 0.4) is 0 Å². The zero-order valence-corrected chi connectivity index (χ0v) is 19.7. The molecule has 1 aromatic heterocycles. The van der Waals surface area contributed by atoms with Crippen molar-refractivity contribution in [1.82, 2.24) is 15.6 Å². The molecule has 1 heterocycles. The Morgan fingerprint density at radius 2 is 1.86 bits per heavy atom. The molecule has 0 aliphatic heterocycles. The van der Waals surface area contributed by atoms with E-state index >= 15 is 0 Å². The Balaban J connectivity index is 0.00000300. The van der Waals surface area contributed by atoms with Crippen LogP contribution in [0.2, 0.25) is 0 Å². The molecule has 0 spiro atoms. The number of halogens is 1. The molecule has 0 fully saturated rings. The fourth-order valence-corrected chi connectivity index (χ4v) is 3.36. The van der Waals surface area contributed by atoms with Crippen LogP contribution in [0.15, 0.2) is 47.6 Å². The number of hydrogen-bond donors (Lipinski definition) is 3. The number of rotatable bonds is 7. The number of aliphatic imine (C=N–C) groups is 1. The molecule has 3 aromatic rings. The second-order valence-corrected chi connectivity index (χ2v) is 6.60. The summed E-state index contributed by atoms with van der Waals surface area (Å²) in [6.45, 7) is 3.59. The van der Waals surface area contributed by atoms with Gasteiger partial charge in [0, 0.05) is 37.2 Å². The van der Waals surface area contributed by atoms with Crippen molar-refractivity contribution >= 4 is 40.8 Å². The molecule has 0 unspecified atom stereocenters.